The number of hydrogen-bond acceptors (Lipinski definition) is 2. The topological polar surface area (TPSA) is 53.2 Å². The van der Waals surface area contributed by atoms with Gasteiger partial charge in [0.1, 0.15) is 0 Å². The summed E-state index contributed by atoms with van der Waals surface area (Å²) in [5.74, 6) is -0.151. The SMILES string of the molecule is CC1=C(C(=O)Nc2ccc(C)cc2C)[C@@H](c2cccc(Br)c2)NC(=S)N1. The highest BCUT2D eigenvalue weighted by Crippen LogP contribution is 2.29. The van der Waals surface area contributed by atoms with E-state index in [0.29, 0.717) is 10.7 Å². The lowest BCUT2D eigenvalue weighted by Gasteiger charge is -2.30. The molecule has 0 spiro atoms. The van der Waals surface area contributed by atoms with Crippen molar-refractivity contribution in [3.8, 4) is 0 Å². The molecule has 6 heteroatoms. The van der Waals surface area contributed by atoms with Crippen molar-refractivity contribution in [2.45, 2.75) is 26.8 Å². The smallest absolute Gasteiger partial charge is 0.255 e. The second-order valence-corrected chi connectivity index (χ2v) is 7.72. The monoisotopic (exact) mass is 429 g/mol. The van der Waals surface area contributed by atoms with Gasteiger partial charge in [-0.3, -0.25) is 4.79 Å². The average molecular weight is 430 g/mol. The van der Waals surface area contributed by atoms with Gasteiger partial charge in [-0.05, 0) is 62.3 Å². The minimum Gasteiger partial charge on any atom is -0.351 e. The molecule has 0 bridgehead atoms. The van der Waals surface area contributed by atoms with Gasteiger partial charge < -0.3 is 16.0 Å². The molecule has 3 rings (SSSR count). The van der Waals surface area contributed by atoms with Gasteiger partial charge in [0.15, 0.2) is 5.11 Å². The van der Waals surface area contributed by atoms with Gasteiger partial charge >= 0.3 is 0 Å². The number of allylic oxidation sites excluding steroid dienone is 1. The molecule has 0 aliphatic carbocycles. The Kier molecular flexibility index (Phi) is 5.44. The van der Waals surface area contributed by atoms with Crippen molar-refractivity contribution < 1.29 is 4.79 Å². The first-order valence-electron chi connectivity index (χ1n) is 8.27. The Morgan fingerprint density at radius 3 is 2.62 bits per heavy atom. The van der Waals surface area contributed by atoms with Crippen LogP contribution in [-0.2, 0) is 4.79 Å². The van der Waals surface area contributed by atoms with Crippen molar-refractivity contribution in [3.63, 3.8) is 0 Å². The highest BCUT2D eigenvalue weighted by Gasteiger charge is 2.30. The molecule has 1 amide bonds. The maximum absolute atomic E-state index is 13.1. The number of amides is 1. The summed E-state index contributed by atoms with van der Waals surface area (Å²) in [4.78, 5) is 13.1. The normalized spacial score (nSPS) is 16.8. The van der Waals surface area contributed by atoms with E-state index in [-0.39, 0.29) is 11.9 Å². The second-order valence-electron chi connectivity index (χ2n) is 6.40. The molecule has 3 N–H and O–H groups in total. The van der Waals surface area contributed by atoms with Crippen LogP contribution in [0.3, 0.4) is 0 Å². The molecule has 1 aliphatic heterocycles. The zero-order chi connectivity index (χ0) is 18.8. The van der Waals surface area contributed by atoms with Crippen molar-refractivity contribution >= 4 is 44.9 Å². The van der Waals surface area contributed by atoms with E-state index < -0.39 is 0 Å². The summed E-state index contributed by atoms with van der Waals surface area (Å²) >= 11 is 8.79. The zero-order valence-corrected chi connectivity index (χ0v) is 17.2. The number of anilines is 1. The summed E-state index contributed by atoms with van der Waals surface area (Å²) in [6, 6.07) is 13.5. The van der Waals surface area contributed by atoms with Gasteiger partial charge in [-0.15, -0.1) is 0 Å². The molecule has 1 heterocycles. The van der Waals surface area contributed by atoms with E-state index in [4.69, 9.17) is 12.2 Å². The molecule has 2 aromatic rings. The first kappa shape index (κ1) is 18.6. The Balaban J connectivity index is 1.97. The molecule has 1 atom stereocenters. The first-order valence-corrected chi connectivity index (χ1v) is 9.47. The Bertz CT molecular complexity index is 923. The quantitative estimate of drug-likeness (QED) is 0.628. The van der Waals surface area contributed by atoms with E-state index in [9.17, 15) is 4.79 Å². The lowest BCUT2D eigenvalue weighted by atomic mass is 9.95. The van der Waals surface area contributed by atoms with Gasteiger partial charge in [0.25, 0.3) is 5.91 Å². The van der Waals surface area contributed by atoms with Crippen molar-refractivity contribution in [2.75, 3.05) is 5.32 Å². The molecule has 0 aromatic heterocycles. The van der Waals surface area contributed by atoms with Gasteiger partial charge in [0.05, 0.1) is 11.6 Å². The Morgan fingerprint density at radius 2 is 1.92 bits per heavy atom. The number of carbonyl (C=O) groups excluding carboxylic acids is 1. The highest BCUT2D eigenvalue weighted by molar-refractivity contribution is 9.10. The maximum atomic E-state index is 13.1. The lowest BCUT2D eigenvalue weighted by molar-refractivity contribution is -0.113. The number of halogens is 1. The van der Waals surface area contributed by atoms with Crippen LogP contribution < -0.4 is 16.0 Å². The fourth-order valence-electron chi connectivity index (χ4n) is 3.07. The van der Waals surface area contributed by atoms with Crippen molar-refractivity contribution in [1.82, 2.24) is 10.6 Å². The van der Waals surface area contributed by atoms with Crippen LogP contribution in [0, 0.1) is 13.8 Å². The number of rotatable bonds is 3. The van der Waals surface area contributed by atoms with E-state index in [1.165, 1.54) is 0 Å². The van der Waals surface area contributed by atoms with Crippen LogP contribution in [0.1, 0.15) is 29.7 Å². The number of carbonyl (C=O) groups is 1. The van der Waals surface area contributed by atoms with Gasteiger partial charge in [-0.25, -0.2) is 0 Å². The minimum absolute atomic E-state index is 0.151. The summed E-state index contributed by atoms with van der Waals surface area (Å²) in [6.45, 7) is 5.89. The van der Waals surface area contributed by atoms with E-state index in [1.807, 2.05) is 57.2 Å². The minimum atomic E-state index is -0.313. The molecular formula is C20H20BrN3OS. The number of benzene rings is 2. The Morgan fingerprint density at radius 1 is 1.15 bits per heavy atom. The third-order valence-corrected chi connectivity index (χ3v) is 5.04. The van der Waals surface area contributed by atoms with Crippen LogP contribution >= 0.6 is 28.1 Å². The molecule has 0 unspecified atom stereocenters. The van der Waals surface area contributed by atoms with Gasteiger partial charge in [-0.2, -0.15) is 0 Å². The zero-order valence-electron chi connectivity index (χ0n) is 14.8. The molecule has 1 aliphatic rings. The van der Waals surface area contributed by atoms with Crippen LogP contribution in [0.15, 0.2) is 58.2 Å². The molecule has 0 saturated carbocycles. The average Bonchev–Trinajstić information content (AvgIpc) is 2.56. The van der Waals surface area contributed by atoms with Crippen molar-refractivity contribution in [3.05, 3.63) is 74.9 Å². The van der Waals surface area contributed by atoms with Crippen LogP contribution in [0.4, 0.5) is 5.69 Å². The fraction of sp³-hybridized carbons (Fsp3) is 0.200. The number of thiocarbonyl (C=S) groups is 1. The van der Waals surface area contributed by atoms with Crippen molar-refractivity contribution in [2.24, 2.45) is 0 Å². The number of nitrogens with one attached hydrogen (secondary N) is 3. The second kappa shape index (κ2) is 7.60. The maximum Gasteiger partial charge on any atom is 0.255 e. The molecule has 0 saturated heterocycles. The molecule has 0 fully saturated rings. The van der Waals surface area contributed by atoms with E-state index in [1.54, 1.807) is 0 Å². The summed E-state index contributed by atoms with van der Waals surface area (Å²) in [5, 5.41) is 9.82. The van der Waals surface area contributed by atoms with E-state index in [0.717, 1.165) is 32.5 Å². The molecule has 4 nitrogen and oxygen atoms in total. The van der Waals surface area contributed by atoms with Crippen LogP contribution in [0.2, 0.25) is 0 Å². The molecule has 26 heavy (non-hydrogen) atoms. The summed E-state index contributed by atoms with van der Waals surface area (Å²) in [7, 11) is 0. The fourth-order valence-corrected chi connectivity index (χ4v) is 3.76. The Hall–Kier alpha value is -2.18. The summed E-state index contributed by atoms with van der Waals surface area (Å²) in [5.41, 5.74) is 5.34. The number of aryl methyl sites for hydroxylation is 2. The van der Waals surface area contributed by atoms with Crippen molar-refractivity contribution in [1.29, 1.82) is 0 Å². The summed E-state index contributed by atoms with van der Waals surface area (Å²) in [6.07, 6.45) is 0. The van der Waals surface area contributed by atoms with Crippen LogP contribution in [-0.4, -0.2) is 11.0 Å². The largest absolute Gasteiger partial charge is 0.351 e. The van der Waals surface area contributed by atoms with Crippen LogP contribution in [0.25, 0.3) is 0 Å². The summed E-state index contributed by atoms with van der Waals surface area (Å²) < 4.78 is 0.952. The highest BCUT2D eigenvalue weighted by atomic mass is 79.9. The first-order chi connectivity index (χ1) is 12.3. The Labute approximate surface area is 167 Å². The third kappa shape index (κ3) is 3.97. The van der Waals surface area contributed by atoms with E-state index >= 15 is 0 Å². The number of hydrogen-bond donors (Lipinski definition) is 3. The lowest BCUT2D eigenvalue weighted by Crippen LogP contribution is -2.45. The third-order valence-electron chi connectivity index (χ3n) is 4.33. The molecule has 2 aromatic carbocycles. The van der Waals surface area contributed by atoms with Gasteiger partial charge in [0.2, 0.25) is 0 Å². The van der Waals surface area contributed by atoms with E-state index in [2.05, 4.69) is 37.9 Å². The van der Waals surface area contributed by atoms with Gasteiger partial charge in [-0.1, -0.05) is 45.8 Å². The molecular weight excluding hydrogens is 410 g/mol. The van der Waals surface area contributed by atoms with Crippen LogP contribution in [0.5, 0.6) is 0 Å². The molecule has 134 valence electrons. The molecule has 0 radical (unpaired) electrons. The predicted octanol–water partition coefficient (Wildman–Crippen LogP) is 4.50. The predicted molar refractivity (Wildman–Crippen MR) is 113 cm³/mol. The van der Waals surface area contributed by atoms with Gasteiger partial charge in [0, 0.05) is 15.9 Å². The standard InChI is InChI=1S/C20H20BrN3OS/c1-11-7-8-16(12(2)9-11)23-19(25)17-13(3)22-20(26)24-18(17)14-5-4-6-15(21)10-14/h4-10,18H,1-3H3,(H,23,25)(H2,22,24,26)/t18-/m1/s1.